The quantitative estimate of drug-likeness (QED) is 0.155. The van der Waals surface area contributed by atoms with Crippen LogP contribution in [0.25, 0.3) is 55.3 Å². The van der Waals surface area contributed by atoms with Crippen LogP contribution in [0.5, 0.6) is 0 Å². The Morgan fingerprint density at radius 3 is 1.73 bits per heavy atom. The zero-order valence-electron chi connectivity index (χ0n) is 34.4. The van der Waals surface area contributed by atoms with E-state index >= 15 is 0 Å². The zero-order chi connectivity index (χ0) is 40.5. The van der Waals surface area contributed by atoms with Crippen LogP contribution in [-0.2, 0) is 10.8 Å². The summed E-state index contributed by atoms with van der Waals surface area (Å²) >= 11 is 0. The molecule has 0 N–H and O–H groups in total. The normalized spacial score (nSPS) is 17.7. The van der Waals surface area contributed by atoms with Crippen LogP contribution in [0.3, 0.4) is 0 Å². The van der Waals surface area contributed by atoms with Crippen molar-refractivity contribution in [1.82, 2.24) is 0 Å². The average Bonchev–Trinajstić information content (AvgIpc) is 3.55. The van der Waals surface area contributed by atoms with Crippen LogP contribution in [0.1, 0.15) is 41.2 Å². The number of benzene rings is 9. The number of anilines is 2. The van der Waals surface area contributed by atoms with Crippen molar-refractivity contribution in [3.8, 4) is 44.5 Å². The van der Waals surface area contributed by atoms with Crippen LogP contribution in [0.15, 0.2) is 224 Å². The fourth-order valence-electron chi connectivity index (χ4n) is 10.6. The third kappa shape index (κ3) is 5.89. The number of fused-ring (bicyclic) bond motifs is 13. The summed E-state index contributed by atoms with van der Waals surface area (Å²) in [5, 5.41) is 2.50. The molecule has 0 radical (unpaired) electrons. The molecule has 9 aromatic carbocycles. The van der Waals surface area contributed by atoms with Crippen LogP contribution in [0.4, 0.5) is 11.4 Å². The maximum atomic E-state index is 3.53. The summed E-state index contributed by atoms with van der Waals surface area (Å²) in [4.78, 5) is 2.46. The van der Waals surface area contributed by atoms with Gasteiger partial charge in [-0.15, -0.1) is 12.1 Å². The van der Waals surface area contributed by atoms with E-state index in [2.05, 4.69) is 230 Å². The standard InChI is InChI=1S/C60H41N.U/c1-59(45-22-6-3-7-23-45)35-33-46(34-36-59)61(47-24-16-21-42(37-47)41-17-4-2-5-18-41)48-31-32-53-50-26-11-10-25-49(50)51-27-12-14-29-55(51)60(58(53)40-48)56-30-15-13-28-52(56)54-38-43-19-8-9-20-44(43)39-57(54)60;/h2-17,19-20,22-35,37-40H,36H2,1H3;/q-2;+2. The predicted octanol–water partition coefficient (Wildman–Crippen LogP) is 15.1. The third-order valence-electron chi connectivity index (χ3n) is 13.5. The summed E-state index contributed by atoms with van der Waals surface area (Å²) in [5.41, 5.74) is 18.8. The molecule has 1 spiro atoms. The number of allylic oxidation sites excluding steroid dienone is 3. The molecular formula is C60H41NU. The Balaban J connectivity index is 0.00000432. The molecule has 0 fully saturated rings. The topological polar surface area (TPSA) is 3.24 Å². The zero-order valence-corrected chi connectivity index (χ0v) is 38.6. The monoisotopic (exact) mass is 1010 g/mol. The maximum absolute atomic E-state index is 3.53. The molecule has 0 aromatic heterocycles. The maximum Gasteiger partial charge on any atom is 2.00 e. The Bertz CT molecular complexity index is 3250. The van der Waals surface area contributed by atoms with Gasteiger partial charge in [0.25, 0.3) is 0 Å². The van der Waals surface area contributed by atoms with E-state index in [1.54, 1.807) is 0 Å². The van der Waals surface area contributed by atoms with Gasteiger partial charge >= 0.3 is 31.1 Å². The Kier molecular flexibility index (Phi) is 9.42. The molecule has 2 unspecified atom stereocenters. The van der Waals surface area contributed by atoms with Crippen LogP contribution in [0.2, 0.25) is 0 Å². The molecule has 62 heavy (non-hydrogen) atoms. The van der Waals surface area contributed by atoms with Crippen molar-refractivity contribution < 1.29 is 31.1 Å². The first kappa shape index (κ1) is 38.5. The molecule has 12 rings (SSSR count). The van der Waals surface area contributed by atoms with Crippen LogP contribution >= 0.6 is 0 Å². The second kappa shape index (κ2) is 15.2. The van der Waals surface area contributed by atoms with Gasteiger partial charge in [0.05, 0.1) is 5.41 Å². The smallest absolute Gasteiger partial charge is 0.329 e. The van der Waals surface area contributed by atoms with Crippen LogP contribution in [0, 0.1) is 43.2 Å². The molecule has 3 aliphatic carbocycles. The number of rotatable bonds is 5. The van der Waals surface area contributed by atoms with E-state index in [0.717, 1.165) is 34.6 Å². The van der Waals surface area contributed by atoms with Crippen molar-refractivity contribution in [1.29, 1.82) is 0 Å². The fraction of sp³-hybridized carbons (Fsp3) is 0.0667. The summed E-state index contributed by atoms with van der Waals surface area (Å²) in [5.74, 6) is 0. The minimum atomic E-state index is -0.611. The SMILES string of the molecule is CC1(c2ccccc2)C=CC(N(c2cc[c-]c(-c3[c-]cccc3)c2)c2ccc3c(c2)C2(c4ccccc4-c4ccccc4-3)c3ccccc3-c3cc4ccccc4cc32)=CC1.[U+2]. The van der Waals surface area contributed by atoms with Crippen molar-refractivity contribution in [2.45, 2.75) is 24.2 Å². The van der Waals surface area contributed by atoms with Gasteiger partial charge in [-0.3, -0.25) is 0 Å². The van der Waals surface area contributed by atoms with Crippen molar-refractivity contribution in [3.63, 3.8) is 0 Å². The molecule has 9 aromatic rings. The predicted molar refractivity (Wildman–Crippen MR) is 253 cm³/mol. The molecule has 1 nitrogen and oxygen atoms in total. The van der Waals surface area contributed by atoms with Gasteiger partial charge in [0.1, 0.15) is 0 Å². The molecule has 0 saturated heterocycles. The second-order valence-corrected chi connectivity index (χ2v) is 16.9. The second-order valence-electron chi connectivity index (χ2n) is 16.9. The van der Waals surface area contributed by atoms with Gasteiger partial charge in [-0.2, -0.15) is 42.5 Å². The molecular weight excluding hydrogens is 973 g/mol. The summed E-state index contributed by atoms with van der Waals surface area (Å²) in [6.45, 7) is 2.34. The van der Waals surface area contributed by atoms with Gasteiger partial charge in [-0.25, -0.2) is 11.1 Å². The molecule has 2 heteroatoms. The molecule has 290 valence electrons. The van der Waals surface area contributed by atoms with E-state index in [9.17, 15) is 0 Å². The number of nitrogens with zero attached hydrogens (tertiary/aromatic N) is 1. The summed E-state index contributed by atoms with van der Waals surface area (Å²) in [6, 6.07) is 80.9. The van der Waals surface area contributed by atoms with E-state index in [-0.39, 0.29) is 36.5 Å². The van der Waals surface area contributed by atoms with E-state index in [4.69, 9.17) is 0 Å². The van der Waals surface area contributed by atoms with E-state index < -0.39 is 5.41 Å². The van der Waals surface area contributed by atoms with Gasteiger partial charge in [0.15, 0.2) is 0 Å². The molecule has 0 saturated carbocycles. The molecule has 0 aliphatic heterocycles. The number of hydrogen-bond donors (Lipinski definition) is 0. The molecule has 2 atom stereocenters. The van der Waals surface area contributed by atoms with Crippen molar-refractivity contribution >= 4 is 22.1 Å². The van der Waals surface area contributed by atoms with Gasteiger partial charge < -0.3 is 4.90 Å². The molecule has 0 bridgehead atoms. The Hall–Kier alpha value is -6.43. The first-order valence-electron chi connectivity index (χ1n) is 21.3. The van der Waals surface area contributed by atoms with Gasteiger partial charge in [-0.1, -0.05) is 153 Å². The van der Waals surface area contributed by atoms with Crippen LogP contribution < -0.4 is 4.90 Å². The Morgan fingerprint density at radius 1 is 0.452 bits per heavy atom. The van der Waals surface area contributed by atoms with Gasteiger partial charge in [0, 0.05) is 16.8 Å². The van der Waals surface area contributed by atoms with Gasteiger partial charge in [0.2, 0.25) is 0 Å². The van der Waals surface area contributed by atoms with Crippen molar-refractivity contribution in [2.24, 2.45) is 0 Å². The third-order valence-corrected chi connectivity index (χ3v) is 13.5. The summed E-state index contributed by atoms with van der Waals surface area (Å²) in [6.07, 6.45) is 8.04. The minimum Gasteiger partial charge on any atom is -0.329 e. The fourth-order valence-corrected chi connectivity index (χ4v) is 10.6. The average molecular weight is 1010 g/mol. The van der Waals surface area contributed by atoms with E-state index in [1.807, 2.05) is 12.1 Å². The number of hydrogen-bond acceptors (Lipinski definition) is 1. The Labute approximate surface area is 388 Å². The van der Waals surface area contributed by atoms with Crippen molar-refractivity contribution in [3.05, 3.63) is 264 Å². The van der Waals surface area contributed by atoms with Gasteiger partial charge in [-0.05, 0) is 114 Å². The minimum absolute atomic E-state index is 0. The Morgan fingerprint density at radius 2 is 1.03 bits per heavy atom. The van der Waals surface area contributed by atoms with E-state index in [0.29, 0.717) is 0 Å². The molecule has 0 heterocycles. The summed E-state index contributed by atoms with van der Waals surface area (Å²) < 4.78 is 0. The van der Waals surface area contributed by atoms with E-state index in [1.165, 1.54) is 72.0 Å². The largest absolute Gasteiger partial charge is 2.00 e. The molecule has 0 amide bonds. The first-order valence-corrected chi connectivity index (χ1v) is 21.3. The van der Waals surface area contributed by atoms with Crippen LogP contribution in [-0.4, -0.2) is 0 Å². The first-order chi connectivity index (χ1) is 30.1. The van der Waals surface area contributed by atoms with Crippen molar-refractivity contribution in [2.75, 3.05) is 4.90 Å². The molecule has 3 aliphatic rings. The summed E-state index contributed by atoms with van der Waals surface area (Å²) in [7, 11) is 0.